The minimum atomic E-state index is -1.29. The molecule has 2 aliphatic heterocycles. The van der Waals surface area contributed by atoms with Gasteiger partial charge in [-0.1, -0.05) is 29.8 Å². The van der Waals surface area contributed by atoms with Crippen molar-refractivity contribution in [3.8, 4) is 0 Å². The molecule has 1 aromatic rings. The maximum Gasteiger partial charge on any atom is 0.240 e. The summed E-state index contributed by atoms with van der Waals surface area (Å²) < 4.78 is 0. The number of amides is 3. The zero-order chi connectivity index (χ0) is 19.8. The Bertz CT molecular complexity index is 809. The van der Waals surface area contributed by atoms with Gasteiger partial charge in [0.2, 0.25) is 17.7 Å². The molecule has 2 atom stereocenters. The fourth-order valence-electron chi connectivity index (χ4n) is 4.09. The summed E-state index contributed by atoms with van der Waals surface area (Å²) in [5.41, 5.74) is -0.785. The molecule has 2 saturated heterocycles. The van der Waals surface area contributed by atoms with Gasteiger partial charge < -0.3 is 4.90 Å². The van der Waals surface area contributed by atoms with Crippen LogP contribution in [0, 0.1) is 5.92 Å². The Balaban J connectivity index is 1.92. The monoisotopic (exact) mass is 390 g/mol. The van der Waals surface area contributed by atoms with Crippen LogP contribution in [0.15, 0.2) is 24.3 Å². The molecule has 6 nitrogen and oxygen atoms in total. The van der Waals surface area contributed by atoms with Crippen molar-refractivity contribution in [3.05, 3.63) is 34.9 Å². The van der Waals surface area contributed by atoms with Gasteiger partial charge in [-0.2, -0.15) is 0 Å². The smallest absolute Gasteiger partial charge is 0.240 e. The summed E-state index contributed by atoms with van der Waals surface area (Å²) in [6, 6.07) is 6.85. The lowest BCUT2D eigenvalue weighted by Gasteiger charge is -2.35. The molecule has 0 aliphatic carbocycles. The van der Waals surface area contributed by atoms with Gasteiger partial charge in [-0.3, -0.25) is 24.1 Å². The van der Waals surface area contributed by atoms with Crippen LogP contribution in [-0.2, 0) is 24.6 Å². The molecule has 27 heavy (non-hydrogen) atoms. The summed E-state index contributed by atoms with van der Waals surface area (Å²) >= 11 is 6.34. The van der Waals surface area contributed by atoms with Crippen molar-refractivity contribution in [2.75, 3.05) is 20.1 Å². The third-order valence-electron chi connectivity index (χ3n) is 5.73. The van der Waals surface area contributed by atoms with Gasteiger partial charge >= 0.3 is 0 Å². The van der Waals surface area contributed by atoms with E-state index in [9.17, 15) is 19.2 Å². The highest BCUT2D eigenvalue weighted by Gasteiger charge is 2.53. The third kappa shape index (κ3) is 3.50. The lowest BCUT2D eigenvalue weighted by atomic mass is 9.75. The van der Waals surface area contributed by atoms with E-state index in [2.05, 4.69) is 0 Å². The second kappa shape index (κ2) is 7.43. The minimum Gasteiger partial charge on any atom is -0.342 e. The van der Waals surface area contributed by atoms with Crippen LogP contribution in [-0.4, -0.2) is 53.4 Å². The van der Waals surface area contributed by atoms with Crippen LogP contribution in [0.3, 0.4) is 0 Å². The average Bonchev–Trinajstić information content (AvgIpc) is 2.86. The number of imide groups is 1. The summed E-state index contributed by atoms with van der Waals surface area (Å²) in [5.74, 6) is -1.05. The maximum absolute atomic E-state index is 13.1. The van der Waals surface area contributed by atoms with E-state index in [0.29, 0.717) is 23.7 Å². The molecule has 3 amide bonds. The topological polar surface area (TPSA) is 74.8 Å². The SMILES string of the molecule is CC(=O)[C@H]1CCCN(C(=O)C[C@@]2(c3ccccc3Cl)CC(=O)N(C)C2=O)C1. The zero-order valence-corrected chi connectivity index (χ0v) is 16.3. The normalized spacial score (nSPS) is 25.8. The molecule has 0 N–H and O–H groups in total. The lowest BCUT2D eigenvalue weighted by molar-refractivity contribution is -0.142. The van der Waals surface area contributed by atoms with Gasteiger partial charge in [0.15, 0.2) is 0 Å². The number of piperidine rings is 1. The number of hydrogen-bond acceptors (Lipinski definition) is 4. The molecule has 2 heterocycles. The Labute approximate surface area is 163 Å². The van der Waals surface area contributed by atoms with Crippen LogP contribution in [0.1, 0.15) is 38.2 Å². The van der Waals surface area contributed by atoms with E-state index in [1.807, 2.05) is 0 Å². The van der Waals surface area contributed by atoms with Crippen molar-refractivity contribution < 1.29 is 19.2 Å². The number of rotatable bonds is 4. The summed E-state index contributed by atoms with van der Waals surface area (Å²) in [7, 11) is 1.43. The van der Waals surface area contributed by atoms with E-state index in [1.54, 1.807) is 29.2 Å². The molecule has 1 aromatic carbocycles. The Morgan fingerprint density at radius 3 is 2.56 bits per heavy atom. The summed E-state index contributed by atoms with van der Waals surface area (Å²) in [4.78, 5) is 52.8. The zero-order valence-electron chi connectivity index (χ0n) is 15.5. The van der Waals surface area contributed by atoms with Gasteiger partial charge in [0.25, 0.3) is 0 Å². The molecular weight excluding hydrogens is 368 g/mol. The second-order valence-corrected chi connectivity index (χ2v) is 7.87. The van der Waals surface area contributed by atoms with Crippen molar-refractivity contribution in [2.24, 2.45) is 5.92 Å². The Kier molecular flexibility index (Phi) is 5.38. The third-order valence-corrected chi connectivity index (χ3v) is 6.06. The molecule has 144 valence electrons. The molecular formula is C20H23ClN2O4. The number of benzene rings is 1. The van der Waals surface area contributed by atoms with E-state index >= 15 is 0 Å². The van der Waals surface area contributed by atoms with Gasteiger partial charge in [0.1, 0.15) is 5.78 Å². The van der Waals surface area contributed by atoms with E-state index in [0.717, 1.165) is 17.7 Å². The van der Waals surface area contributed by atoms with Crippen molar-refractivity contribution in [1.29, 1.82) is 0 Å². The fraction of sp³-hybridized carbons (Fsp3) is 0.500. The summed E-state index contributed by atoms with van der Waals surface area (Å²) in [5, 5.41) is 0.363. The largest absolute Gasteiger partial charge is 0.342 e. The number of carbonyl (C=O) groups excluding carboxylic acids is 4. The lowest BCUT2D eigenvalue weighted by Crippen LogP contribution is -2.46. The van der Waals surface area contributed by atoms with E-state index in [4.69, 9.17) is 11.6 Å². The number of ketones is 1. The molecule has 0 spiro atoms. The highest BCUT2D eigenvalue weighted by Crippen LogP contribution is 2.42. The highest BCUT2D eigenvalue weighted by atomic mass is 35.5. The van der Waals surface area contributed by atoms with Crippen LogP contribution in [0.4, 0.5) is 0 Å². The first-order valence-electron chi connectivity index (χ1n) is 9.10. The molecule has 0 bridgehead atoms. The molecule has 3 rings (SSSR count). The van der Waals surface area contributed by atoms with Crippen molar-refractivity contribution in [1.82, 2.24) is 9.80 Å². The quantitative estimate of drug-likeness (QED) is 0.738. The van der Waals surface area contributed by atoms with E-state index in [1.165, 1.54) is 14.0 Å². The molecule has 0 unspecified atom stereocenters. The molecule has 0 radical (unpaired) electrons. The standard InChI is InChI=1S/C20H23ClN2O4/c1-13(24)14-6-5-9-23(12-14)18(26)11-20(10-17(25)22(2)19(20)27)15-7-3-4-8-16(15)21/h3-4,7-8,14H,5-6,9-12H2,1-2H3/t14-,20+/m0/s1. The molecule has 0 saturated carbocycles. The van der Waals surface area contributed by atoms with Gasteiger partial charge in [-0.15, -0.1) is 0 Å². The second-order valence-electron chi connectivity index (χ2n) is 7.46. The number of halogens is 1. The van der Waals surface area contributed by atoms with Crippen LogP contribution < -0.4 is 0 Å². The Morgan fingerprint density at radius 1 is 1.26 bits per heavy atom. The van der Waals surface area contributed by atoms with E-state index in [-0.39, 0.29) is 36.4 Å². The highest BCUT2D eigenvalue weighted by molar-refractivity contribution is 6.32. The fourth-order valence-corrected chi connectivity index (χ4v) is 4.40. The van der Waals surface area contributed by atoms with Crippen molar-refractivity contribution in [3.63, 3.8) is 0 Å². The van der Waals surface area contributed by atoms with Crippen LogP contribution >= 0.6 is 11.6 Å². The summed E-state index contributed by atoms with van der Waals surface area (Å²) in [6.07, 6.45) is 1.31. The van der Waals surface area contributed by atoms with Gasteiger partial charge in [-0.05, 0) is 31.4 Å². The first kappa shape index (κ1) is 19.5. The molecule has 7 heteroatoms. The minimum absolute atomic E-state index is 0.0696. The van der Waals surface area contributed by atoms with E-state index < -0.39 is 11.3 Å². The molecule has 2 aliphatic rings. The number of carbonyl (C=O) groups is 4. The number of likely N-dealkylation sites (N-methyl/N-ethyl adjacent to an activating group) is 1. The van der Waals surface area contributed by atoms with Gasteiger partial charge in [-0.25, -0.2) is 0 Å². The molecule has 0 aromatic heterocycles. The summed E-state index contributed by atoms with van der Waals surface area (Å²) in [6.45, 7) is 2.46. The first-order chi connectivity index (χ1) is 12.8. The predicted molar refractivity (Wildman–Crippen MR) is 100 cm³/mol. The first-order valence-corrected chi connectivity index (χ1v) is 9.48. The number of nitrogens with zero attached hydrogens (tertiary/aromatic N) is 2. The van der Waals surface area contributed by atoms with Crippen molar-refractivity contribution in [2.45, 2.75) is 38.0 Å². The van der Waals surface area contributed by atoms with Crippen LogP contribution in [0.5, 0.6) is 0 Å². The predicted octanol–water partition coefficient (Wildman–Crippen LogP) is 2.18. The number of likely N-dealkylation sites (tertiary alicyclic amines) is 2. The van der Waals surface area contributed by atoms with Crippen LogP contribution in [0.2, 0.25) is 5.02 Å². The maximum atomic E-state index is 13.1. The van der Waals surface area contributed by atoms with Crippen LogP contribution in [0.25, 0.3) is 0 Å². The Hall–Kier alpha value is -2.21. The number of hydrogen-bond donors (Lipinski definition) is 0. The van der Waals surface area contributed by atoms with Crippen molar-refractivity contribution >= 4 is 35.1 Å². The number of Topliss-reactive ketones (excluding diaryl/α,β-unsaturated/α-hetero) is 1. The Morgan fingerprint density at radius 2 is 1.96 bits per heavy atom. The average molecular weight is 391 g/mol. The molecule has 2 fully saturated rings. The van der Waals surface area contributed by atoms with Gasteiger partial charge in [0, 0.05) is 43.9 Å². The van der Waals surface area contributed by atoms with Gasteiger partial charge in [0.05, 0.1) is 5.41 Å².